The Balaban J connectivity index is 2.60. The summed E-state index contributed by atoms with van der Waals surface area (Å²) in [5, 5.41) is 9.22. The van der Waals surface area contributed by atoms with Gasteiger partial charge in [0.1, 0.15) is 18.0 Å². The smallest absolute Gasteiger partial charge is 0.321 e. The summed E-state index contributed by atoms with van der Waals surface area (Å²) in [4.78, 5) is 10.5. The van der Waals surface area contributed by atoms with Crippen LogP contribution in [0.4, 0.5) is 17.6 Å². The number of nitrogens with zero attached hydrogens (tertiary/aromatic N) is 2. The minimum absolute atomic E-state index is 0.0399. The zero-order valence-corrected chi connectivity index (χ0v) is 17.6. The summed E-state index contributed by atoms with van der Waals surface area (Å²) in [5.74, 6) is -9.30. The van der Waals surface area contributed by atoms with Crippen molar-refractivity contribution in [3.05, 3.63) is 64.7 Å². The van der Waals surface area contributed by atoms with Crippen LogP contribution in [0.1, 0.15) is 31.9 Å². The number of hydrogen-bond donors (Lipinski definition) is 0. The molecule has 0 aliphatic heterocycles. The quantitative estimate of drug-likeness (QED) is 0.285. The summed E-state index contributed by atoms with van der Waals surface area (Å²) in [6.07, 6.45) is 0. The average molecular weight is 458 g/mol. The van der Waals surface area contributed by atoms with Gasteiger partial charge in [-0.2, -0.15) is 9.57 Å². The highest BCUT2D eigenvalue weighted by atomic mass is 32.2. The Hall–Kier alpha value is -2.97. The highest BCUT2D eigenvalue weighted by molar-refractivity contribution is 7.89. The van der Waals surface area contributed by atoms with E-state index < -0.39 is 62.8 Å². The fourth-order valence-electron chi connectivity index (χ4n) is 2.62. The van der Waals surface area contributed by atoms with Gasteiger partial charge >= 0.3 is 5.97 Å². The number of halogens is 4. The Morgan fingerprint density at radius 2 is 1.71 bits per heavy atom. The third-order valence-corrected chi connectivity index (χ3v) is 5.71. The van der Waals surface area contributed by atoms with Gasteiger partial charge in [0.2, 0.25) is 10.0 Å². The molecular formula is C20H18F4N2O4S. The van der Waals surface area contributed by atoms with Crippen LogP contribution in [0.5, 0.6) is 0 Å². The van der Waals surface area contributed by atoms with Gasteiger partial charge in [-0.1, -0.05) is 18.2 Å². The van der Waals surface area contributed by atoms with Gasteiger partial charge in [0, 0.05) is 12.6 Å². The number of esters is 1. The van der Waals surface area contributed by atoms with Gasteiger partial charge in [0.05, 0.1) is 11.6 Å². The molecule has 0 aliphatic carbocycles. The SMILES string of the molecule is CC(C)(C)OC(=O)CN(Cc1ccccc1C#N)S(=O)(=O)c1c(F)cc(F)c(F)c1F. The van der Waals surface area contributed by atoms with Gasteiger partial charge in [0.15, 0.2) is 22.3 Å². The molecule has 0 aromatic heterocycles. The molecule has 0 radical (unpaired) electrons. The lowest BCUT2D eigenvalue weighted by Gasteiger charge is -2.25. The fraction of sp³-hybridized carbons (Fsp3) is 0.300. The van der Waals surface area contributed by atoms with Gasteiger partial charge in [-0.3, -0.25) is 4.79 Å². The first kappa shape index (κ1) is 24.3. The second kappa shape index (κ2) is 9.03. The predicted octanol–water partition coefficient (Wildman–Crippen LogP) is 3.65. The molecule has 2 aromatic rings. The number of ether oxygens (including phenoxy) is 1. The number of carbonyl (C=O) groups is 1. The first-order valence-electron chi connectivity index (χ1n) is 8.81. The Labute approximate surface area is 176 Å². The van der Waals surface area contributed by atoms with E-state index in [1.54, 1.807) is 0 Å². The summed E-state index contributed by atoms with van der Waals surface area (Å²) in [6.45, 7) is 2.89. The van der Waals surface area contributed by atoms with Crippen molar-refractivity contribution in [2.24, 2.45) is 0 Å². The van der Waals surface area contributed by atoms with E-state index in [9.17, 15) is 36.0 Å². The Morgan fingerprint density at radius 3 is 2.29 bits per heavy atom. The normalized spacial score (nSPS) is 12.0. The van der Waals surface area contributed by atoms with E-state index in [2.05, 4.69) is 0 Å². The van der Waals surface area contributed by atoms with Crippen LogP contribution in [0.25, 0.3) is 0 Å². The minimum atomic E-state index is -5.21. The van der Waals surface area contributed by atoms with Crippen LogP contribution < -0.4 is 0 Å². The molecule has 11 heteroatoms. The van der Waals surface area contributed by atoms with E-state index >= 15 is 0 Å². The zero-order chi connectivity index (χ0) is 23.6. The minimum Gasteiger partial charge on any atom is -0.459 e. The van der Waals surface area contributed by atoms with E-state index in [0.29, 0.717) is 4.31 Å². The van der Waals surface area contributed by atoms with Gasteiger partial charge in [-0.15, -0.1) is 0 Å². The number of hydrogen-bond acceptors (Lipinski definition) is 5. The summed E-state index contributed by atoms with van der Waals surface area (Å²) in [5.41, 5.74) is -0.853. The lowest BCUT2D eigenvalue weighted by atomic mass is 10.1. The largest absolute Gasteiger partial charge is 0.459 e. The first-order valence-corrected chi connectivity index (χ1v) is 10.2. The van der Waals surface area contributed by atoms with Crippen molar-refractivity contribution >= 4 is 16.0 Å². The maximum Gasteiger partial charge on any atom is 0.321 e. The molecule has 2 aromatic carbocycles. The molecule has 0 heterocycles. The number of sulfonamides is 1. The van der Waals surface area contributed by atoms with E-state index in [1.165, 1.54) is 45.0 Å². The predicted molar refractivity (Wildman–Crippen MR) is 101 cm³/mol. The maximum atomic E-state index is 14.2. The number of benzene rings is 2. The molecule has 0 unspecified atom stereocenters. The molecule has 0 amide bonds. The Kier molecular flexibility index (Phi) is 7.08. The van der Waals surface area contributed by atoms with E-state index in [1.807, 2.05) is 6.07 Å². The summed E-state index contributed by atoms with van der Waals surface area (Å²) in [7, 11) is -5.21. The third-order valence-electron chi connectivity index (χ3n) is 3.88. The van der Waals surface area contributed by atoms with Crippen molar-refractivity contribution < 1.29 is 35.5 Å². The van der Waals surface area contributed by atoms with Crippen LogP contribution in [-0.4, -0.2) is 30.8 Å². The second-order valence-electron chi connectivity index (χ2n) is 7.43. The standard InChI is InChI=1S/C20H18F4N2O4S/c1-20(2,3)30-16(27)11-26(10-13-7-5-4-6-12(13)9-25)31(28,29)19-15(22)8-14(21)17(23)18(19)24/h4-8H,10-11H2,1-3H3. The molecule has 0 bridgehead atoms. The molecule has 0 aliphatic rings. The number of carbonyl (C=O) groups excluding carboxylic acids is 1. The highest BCUT2D eigenvalue weighted by Gasteiger charge is 2.36. The van der Waals surface area contributed by atoms with E-state index in [0.717, 1.165) is 0 Å². The fourth-order valence-corrected chi connectivity index (χ4v) is 4.08. The average Bonchev–Trinajstić information content (AvgIpc) is 2.64. The van der Waals surface area contributed by atoms with Gasteiger partial charge < -0.3 is 4.74 Å². The van der Waals surface area contributed by atoms with E-state index in [-0.39, 0.29) is 17.2 Å². The van der Waals surface area contributed by atoms with E-state index in [4.69, 9.17) is 4.74 Å². The van der Waals surface area contributed by atoms with Crippen molar-refractivity contribution in [2.75, 3.05) is 6.54 Å². The molecule has 31 heavy (non-hydrogen) atoms. The summed E-state index contributed by atoms with van der Waals surface area (Å²) in [6, 6.07) is 7.44. The van der Waals surface area contributed by atoms with Crippen molar-refractivity contribution in [3.63, 3.8) is 0 Å². The molecule has 0 spiro atoms. The second-order valence-corrected chi connectivity index (χ2v) is 9.30. The van der Waals surface area contributed by atoms with Gasteiger partial charge in [0.25, 0.3) is 0 Å². The molecule has 166 valence electrons. The molecule has 0 saturated carbocycles. The van der Waals surface area contributed by atoms with Crippen molar-refractivity contribution in [1.29, 1.82) is 5.26 Å². The third kappa shape index (κ3) is 5.59. The summed E-state index contributed by atoms with van der Waals surface area (Å²) < 4.78 is 86.8. The van der Waals surface area contributed by atoms with Crippen molar-refractivity contribution in [3.8, 4) is 6.07 Å². The first-order chi connectivity index (χ1) is 14.3. The van der Waals surface area contributed by atoms with Gasteiger partial charge in [-0.25, -0.2) is 26.0 Å². The van der Waals surface area contributed by atoms with Crippen LogP contribution in [0, 0.1) is 34.6 Å². The van der Waals surface area contributed by atoms with Crippen molar-refractivity contribution in [1.82, 2.24) is 4.31 Å². The highest BCUT2D eigenvalue weighted by Crippen LogP contribution is 2.28. The molecular weight excluding hydrogens is 440 g/mol. The van der Waals surface area contributed by atoms with Crippen LogP contribution in [0.2, 0.25) is 0 Å². The van der Waals surface area contributed by atoms with Crippen LogP contribution in [0.3, 0.4) is 0 Å². The number of rotatable bonds is 6. The maximum absolute atomic E-state index is 14.2. The Bertz CT molecular complexity index is 1150. The Morgan fingerprint density at radius 1 is 1.10 bits per heavy atom. The molecule has 0 atom stereocenters. The topological polar surface area (TPSA) is 87.5 Å². The monoisotopic (exact) mass is 458 g/mol. The molecule has 6 nitrogen and oxygen atoms in total. The summed E-state index contributed by atoms with van der Waals surface area (Å²) >= 11 is 0. The lowest BCUT2D eigenvalue weighted by molar-refractivity contribution is -0.155. The van der Waals surface area contributed by atoms with Crippen LogP contribution in [-0.2, 0) is 26.1 Å². The molecule has 0 fully saturated rings. The van der Waals surface area contributed by atoms with Crippen LogP contribution >= 0.6 is 0 Å². The van der Waals surface area contributed by atoms with Crippen LogP contribution in [0.15, 0.2) is 35.2 Å². The molecule has 2 rings (SSSR count). The van der Waals surface area contributed by atoms with Gasteiger partial charge in [-0.05, 0) is 32.4 Å². The molecule has 0 N–H and O–H groups in total. The van der Waals surface area contributed by atoms with Crippen molar-refractivity contribution in [2.45, 2.75) is 37.8 Å². The number of nitriles is 1. The zero-order valence-electron chi connectivity index (χ0n) is 16.7. The lowest BCUT2D eigenvalue weighted by Crippen LogP contribution is -2.39. The molecule has 0 saturated heterocycles.